The first-order chi connectivity index (χ1) is 13.7. The number of hydrogen-bond donors (Lipinski definition) is 0. The van der Waals surface area contributed by atoms with Gasteiger partial charge in [0.05, 0.1) is 0 Å². The second-order valence-corrected chi connectivity index (χ2v) is 7.21. The van der Waals surface area contributed by atoms with Gasteiger partial charge in [0.2, 0.25) is 0 Å². The monoisotopic (exact) mass is 447 g/mol. The molecule has 0 spiro atoms. The second-order valence-electron chi connectivity index (χ2n) is 7.21. The molecule has 5 aromatic rings. The molecule has 0 unspecified atom stereocenters. The average Bonchev–Trinajstić information content (AvgIpc) is 2.74. The number of nitrogens with zero attached hydrogens (tertiary/aromatic N) is 1. The SMILES string of the molecule is Cc1[c-]c(-c2[c-]ccc3c2ccc2ccccc23)ccc1-c1cccc[n+]1C.[Y]. The van der Waals surface area contributed by atoms with Crippen LogP contribution in [0.4, 0.5) is 0 Å². The van der Waals surface area contributed by atoms with Crippen molar-refractivity contribution in [1.82, 2.24) is 0 Å². The van der Waals surface area contributed by atoms with Crippen LogP contribution in [0.1, 0.15) is 5.56 Å². The van der Waals surface area contributed by atoms with E-state index in [1.54, 1.807) is 0 Å². The number of hydrogen-bond acceptors (Lipinski definition) is 0. The number of benzene rings is 4. The predicted molar refractivity (Wildman–Crippen MR) is 116 cm³/mol. The van der Waals surface area contributed by atoms with Crippen LogP contribution in [-0.2, 0) is 39.8 Å². The molecular formula is C27H20NY-. The Kier molecular flexibility index (Phi) is 5.63. The third-order valence-corrected chi connectivity index (χ3v) is 5.46. The molecule has 0 aliphatic carbocycles. The summed E-state index contributed by atoms with van der Waals surface area (Å²) in [5.41, 5.74) is 5.73. The molecule has 0 aliphatic rings. The van der Waals surface area contributed by atoms with Crippen LogP contribution < -0.4 is 4.57 Å². The number of pyridine rings is 1. The van der Waals surface area contributed by atoms with Gasteiger partial charge in [0, 0.05) is 44.8 Å². The van der Waals surface area contributed by atoms with E-state index in [1.165, 1.54) is 32.8 Å². The Balaban J connectivity index is 0.00000205. The van der Waals surface area contributed by atoms with Crippen LogP contribution in [0.2, 0.25) is 0 Å². The summed E-state index contributed by atoms with van der Waals surface area (Å²) in [6, 6.07) is 34.8. The van der Waals surface area contributed by atoms with Gasteiger partial charge in [-0.3, -0.25) is 0 Å². The van der Waals surface area contributed by atoms with Crippen molar-refractivity contribution in [2.45, 2.75) is 6.92 Å². The summed E-state index contributed by atoms with van der Waals surface area (Å²) in [4.78, 5) is 0. The summed E-state index contributed by atoms with van der Waals surface area (Å²) in [7, 11) is 2.08. The molecule has 1 nitrogen and oxygen atoms in total. The van der Waals surface area contributed by atoms with E-state index >= 15 is 0 Å². The fourth-order valence-corrected chi connectivity index (χ4v) is 4.03. The minimum atomic E-state index is 0. The maximum Gasteiger partial charge on any atom is 0.171 e. The predicted octanol–water partition coefficient (Wildman–Crippen LogP) is 6.06. The van der Waals surface area contributed by atoms with E-state index in [2.05, 4.69) is 104 Å². The topological polar surface area (TPSA) is 3.88 Å². The van der Waals surface area contributed by atoms with E-state index < -0.39 is 0 Å². The Hall–Kier alpha value is -2.35. The van der Waals surface area contributed by atoms with E-state index in [9.17, 15) is 0 Å². The summed E-state index contributed by atoms with van der Waals surface area (Å²) < 4.78 is 2.14. The standard InChI is InChI=1S/C27H20N.Y/c1-19-18-21(14-15-22(19)27-12-5-6-17-28(27)2)24-10-7-11-25-23-9-4-3-8-20(23)13-16-26(24)25;/h3-9,11-17H,1-2H3;/q-1;. The number of rotatable bonds is 2. The van der Waals surface area contributed by atoms with Crippen LogP contribution in [0.3, 0.4) is 0 Å². The minimum absolute atomic E-state index is 0. The summed E-state index contributed by atoms with van der Waals surface area (Å²) in [5.74, 6) is 0. The number of fused-ring (bicyclic) bond motifs is 3. The average molecular weight is 447 g/mol. The van der Waals surface area contributed by atoms with Gasteiger partial charge in [-0.2, -0.15) is 24.3 Å². The van der Waals surface area contributed by atoms with Crippen LogP contribution in [0.5, 0.6) is 0 Å². The van der Waals surface area contributed by atoms with E-state index in [-0.39, 0.29) is 32.7 Å². The van der Waals surface area contributed by atoms with Crippen molar-refractivity contribution < 1.29 is 37.3 Å². The molecular weight excluding hydrogens is 427 g/mol. The van der Waals surface area contributed by atoms with Crippen LogP contribution in [0.25, 0.3) is 43.9 Å². The fraction of sp³-hybridized carbons (Fsp3) is 0.0741. The largest absolute Gasteiger partial charge is 0.225 e. The van der Waals surface area contributed by atoms with Gasteiger partial charge in [0.15, 0.2) is 11.9 Å². The molecule has 1 radical (unpaired) electrons. The third kappa shape index (κ3) is 3.54. The Morgan fingerprint density at radius 1 is 0.759 bits per heavy atom. The maximum absolute atomic E-state index is 3.61. The second kappa shape index (κ2) is 8.18. The first-order valence-electron chi connectivity index (χ1n) is 9.53. The van der Waals surface area contributed by atoms with Crippen LogP contribution in [-0.4, -0.2) is 0 Å². The molecule has 1 aromatic heterocycles. The molecule has 4 aromatic carbocycles. The molecule has 0 atom stereocenters. The quantitative estimate of drug-likeness (QED) is 0.176. The zero-order valence-corrected chi connectivity index (χ0v) is 19.4. The van der Waals surface area contributed by atoms with Crippen LogP contribution in [0, 0.1) is 19.1 Å². The van der Waals surface area contributed by atoms with Gasteiger partial charge in [0.1, 0.15) is 7.05 Å². The minimum Gasteiger partial charge on any atom is -0.225 e. The smallest absolute Gasteiger partial charge is 0.171 e. The van der Waals surface area contributed by atoms with Crippen molar-refractivity contribution in [3.05, 3.63) is 103 Å². The van der Waals surface area contributed by atoms with Gasteiger partial charge < -0.3 is 0 Å². The summed E-state index contributed by atoms with van der Waals surface area (Å²) >= 11 is 0. The van der Waals surface area contributed by atoms with E-state index in [1.807, 2.05) is 12.1 Å². The van der Waals surface area contributed by atoms with Crippen molar-refractivity contribution in [2.75, 3.05) is 0 Å². The Labute approximate surface area is 196 Å². The molecule has 2 heteroatoms. The van der Waals surface area contributed by atoms with E-state index in [0.29, 0.717) is 0 Å². The molecule has 5 rings (SSSR count). The fourth-order valence-electron chi connectivity index (χ4n) is 4.03. The Morgan fingerprint density at radius 2 is 1.59 bits per heavy atom. The molecule has 0 amide bonds. The van der Waals surface area contributed by atoms with Crippen LogP contribution >= 0.6 is 0 Å². The first-order valence-corrected chi connectivity index (χ1v) is 9.53. The molecule has 1 heterocycles. The molecule has 137 valence electrons. The number of aryl methyl sites for hydroxylation is 2. The van der Waals surface area contributed by atoms with Crippen molar-refractivity contribution >= 4 is 21.5 Å². The third-order valence-electron chi connectivity index (χ3n) is 5.46. The summed E-state index contributed by atoms with van der Waals surface area (Å²) in [6.07, 6.45) is 2.08. The van der Waals surface area contributed by atoms with Crippen molar-refractivity contribution in [3.8, 4) is 22.4 Å². The molecule has 0 aliphatic heterocycles. The van der Waals surface area contributed by atoms with E-state index in [0.717, 1.165) is 16.7 Å². The summed E-state index contributed by atoms with van der Waals surface area (Å²) in [5, 5.41) is 5.02. The maximum atomic E-state index is 3.61. The molecule has 0 saturated carbocycles. The molecule has 0 fully saturated rings. The van der Waals surface area contributed by atoms with Crippen molar-refractivity contribution in [2.24, 2.45) is 7.05 Å². The van der Waals surface area contributed by atoms with Gasteiger partial charge in [-0.25, -0.2) is 15.7 Å². The Bertz CT molecular complexity index is 1340. The molecule has 0 N–H and O–H groups in total. The molecule has 0 saturated heterocycles. The zero-order valence-electron chi connectivity index (χ0n) is 16.6. The van der Waals surface area contributed by atoms with Crippen LogP contribution in [0.15, 0.2) is 85.1 Å². The van der Waals surface area contributed by atoms with Gasteiger partial charge in [0.25, 0.3) is 0 Å². The van der Waals surface area contributed by atoms with E-state index in [4.69, 9.17) is 0 Å². The molecule has 0 bridgehead atoms. The zero-order chi connectivity index (χ0) is 19.1. The number of aromatic nitrogens is 1. The van der Waals surface area contributed by atoms with Gasteiger partial charge in [-0.05, 0) is 16.3 Å². The van der Waals surface area contributed by atoms with Gasteiger partial charge in [-0.1, -0.05) is 43.3 Å². The van der Waals surface area contributed by atoms with Gasteiger partial charge >= 0.3 is 0 Å². The normalized spacial score (nSPS) is 10.8. The van der Waals surface area contributed by atoms with Crippen molar-refractivity contribution in [1.29, 1.82) is 0 Å². The van der Waals surface area contributed by atoms with Gasteiger partial charge in [-0.15, -0.1) is 34.5 Å². The molecule has 29 heavy (non-hydrogen) atoms. The summed E-state index contributed by atoms with van der Waals surface area (Å²) in [6.45, 7) is 2.13. The van der Waals surface area contributed by atoms with Crippen molar-refractivity contribution in [3.63, 3.8) is 0 Å². The first kappa shape index (κ1) is 19.9. The Morgan fingerprint density at radius 3 is 2.41 bits per heavy atom.